The van der Waals surface area contributed by atoms with E-state index in [-0.39, 0.29) is 11.1 Å². The van der Waals surface area contributed by atoms with Crippen molar-refractivity contribution < 1.29 is 32.6 Å². The molecule has 0 spiro atoms. The van der Waals surface area contributed by atoms with Gasteiger partial charge < -0.3 is 15.5 Å². The van der Waals surface area contributed by atoms with Crippen molar-refractivity contribution in [1.29, 1.82) is 0 Å². The first-order valence-corrected chi connectivity index (χ1v) is 9.69. The van der Waals surface area contributed by atoms with E-state index in [0.29, 0.717) is 17.1 Å². The van der Waals surface area contributed by atoms with Crippen molar-refractivity contribution in [2.24, 2.45) is 0 Å². The molecule has 1 aliphatic rings. The summed E-state index contributed by atoms with van der Waals surface area (Å²) in [6, 6.07) is 5.53. The van der Waals surface area contributed by atoms with Crippen LogP contribution in [0.25, 0.3) is 11.0 Å². The number of amides is 1. The summed E-state index contributed by atoms with van der Waals surface area (Å²) >= 11 is 0. The lowest BCUT2D eigenvalue weighted by Gasteiger charge is -2.49. The minimum absolute atomic E-state index is 0.133. The Bertz CT molecular complexity index is 1230. The van der Waals surface area contributed by atoms with Gasteiger partial charge in [0, 0.05) is 23.5 Å². The maximum Gasteiger partial charge on any atom is 0.418 e. The molecule has 10 heteroatoms. The van der Waals surface area contributed by atoms with Crippen molar-refractivity contribution in [1.82, 2.24) is 15.3 Å². The van der Waals surface area contributed by atoms with E-state index in [9.17, 15) is 32.6 Å². The van der Waals surface area contributed by atoms with Gasteiger partial charge in [0.05, 0.1) is 17.1 Å². The number of nitrogens with zero attached hydrogens (tertiary/aromatic N) is 2. The second kappa shape index (κ2) is 7.13. The van der Waals surface area contributed by atoms with Crippen LogP contribution in [0.2, 0.25) is 0 Å². The number of aromatic hydroxyl groups is 1. The molecule has 32 heavy (non-hydrogen) atoms. The standard InChI is InChI=1S/C22H19F4N3O3/c1-20(2)10-16(30)21(22(24,25)26,12-4-5-13(23)18(31)17(12)20)29-19(32)11-3-6-14-15(9-11)28-8-7-27-14/h3-9,16,30-31H,10H2,1-2H3,(H,29,32). The van der Waals surface area contributed by atoms with Gasteiger partial charge in [0.1, 0.15) is 0 Å². The molecular weight excluding hydrogens is 430 g/mol. The van der Waals surface area contributed by atoms with Crippen molar-refractivity contribution in [2.45, 2.75) is 43.5 Å². The van der Waals surface area contributed by atoms with Crippen LogP contribution in [0.15, 0.2) is 42.7 Å². The van der Waals surface area contributed by atoms with Crippen LogP contribution >= 0.6 is 0 Å². The Morgan fingerprint density at radius 2 is 1.78 bits per heavy atom. The zero-order chi connectivity index (χ0) is 23.5. The first kappa shape index (κ1) is 21.9. The summed E-state index contributed by atoms with van der Waals surface area (Å²) in [5, 5.41) is 23.0. The van der Waals surface area contributed by atoms with Crippen molar-refractivity contribution in [3.63, 3.8) is 0 Å². The summed E-state index contributed by atoms with van der Waals surface area (Å²) < 4.78 is 57.8. The van der Waals surface area contributed by atoms with Crippen molar-refractivity contribution in [3.8, 4) is 5.75 Å². The molecule has 0 bridgehead atoms. The van der Waals surface area contributed by atoms with E-state index in [1.807, 2.05) is 5.32 Å². The van der Waals surface area contributed by atoms with Crippen LogP contribution < -0.4 is 5.32 Å². The van der Waals surface area contributed by atoms with Crippen LogP contribution in [0, 0.1) is 5.82 Å². The van der Waals surface area contributed by atoms with Gasteiger partial charge in [-0.2, -0.15) is 13.2 Å². The number of aromatic nitrogens is 2. The molecule has 1 heterocycles. The highest BCUT2D eigenvalue weighted by atomic mass is 19.4. The minimum atomic E-state index is -5.17. The highest BCUT2D eigenvalue weighted by Gasteiger charge is 2.66. The molecule has 2 aromatic carbocycles. The van der Waals surface area contributed by atoms with Crippen LogP contribution in [0.1, 0.15) is 41.8 Å². The number of halogens is 4. The zero-order valence-corrected chi connectivity index (χ0v) is 17.0. The number of hydrogen-bond acceptors (Lipinski definition) is 5. The number of aliphatic hydroxyl groups excluding tert-OH is 1. The Hall–Kier alpha value is -3.27. The number of hydrogen-bond donors (Lipinski definition) is 3. The fourth-order valence-corrected chi connectivity index (χ4v) is 4.42. The molecule has 4 rings (SSSR count). The molecule has 1 aromatic heterocycles. The molecule has 2 atom stereocenters. The van der Waals surface area contributed by atoms with E-state index in [2.05, 4.69) is 9.97 Å². The molecule has 0 radical (unpaired) electrons. The highest BCUT2D eigenvalue weighted by Crippen LogP contribution is 2.54. The Balaban J connectivity index is 1.89. The van der Waals surface area contributed by atoms with Crippen LogP contribution in [0.4, 0.5) is 17.6 Å². The van der Waals surface area contributed by atoms with Crippen molar-refractivity contribution in [3.05, 3.63) is 65.2 Å². The summed E-state index contributed by atoms with van der Waals surface area (Å²) in [7, 11) is 0. The first-order valence-electron chi connectivity index (χ1n) is 9.69. The predicted molar refractivity (Wildman–Crippen MR) is 106 cm³/mol. The van der Waals surface area contributed by atoms with Crippen molar-refractivity contribution >= 4 is 16.9 Å². The predicted octanol–water partition coefficient (Wildman–Crippen LogP) is 3.70. The topological polar surface area (TPSA) is 95.3 Å². The lowest BCUT2D eigenvalue weighted by Crippen LogP contribution is -2.66. The van der Waals surface area contributed by atoms with E-state index >= 15 is 0 Å². The average Bonchev–Trinajstić information content (AvgIpc) is 2.71. The van der Waals surface area contributed by atoms with Crippen molar-refractivity contribution in [2.75, 3.05) is 0 Å². The number of fused-ring (bicyclic) bond motifs is 2. The number of carbonyl (C=O) groups excluding carboxylic acids is 1. The van der Waals surface area contributed by atoms with Gasteiger partial charge in [0.15, 0.2) is 17.1 Å². The maximum atomic E-state index is 14.6. The summed E-state index contributed by atoms with van der Waals surface area (Å²) in [6.07, 6.45) is -4.95. The molecule has 0 fully saturated rings. The zero-order valence-electron chi connectivity index (χ0n) is 17.0. The van der Waals surface area contributed by atoms with Gasteiger partial charge >= 0.3 is 6.18 Å². The molecule has 1 aliphatic carbocycles. The fourth-order valence-electron chi connectivity index (χ4n) is 4.42. The third-order valence-corrected chi connectivity index (χ3v) is 5.92. The molecule has 2 unspecified atom stereocenters. The first-order chi connectivity index (χ1) is 14.9. The number of nitrogens with one attached hydrogen (secondary N) is 1. The van der Waals surface area contributed by atoms with E-state index < -0.39 is 52.7 Å². The number of aliphatic hydroxyl groups is 1. The second-order valence-corrected chi connectivity index (χ2v) is 8.44. The molecule has 6 nitrogen and oxygen atoms in total. The normalized spacial score (nSPS) is 22.4. The smallest absolute Gasteiger partial charge is 0.418 e. The largest absolute Gasteiger partial charge is 0.505 e. The lowest BCUT2D eigenvalue weighted by molar-refractivity contribution is -0.231. The molecule has 0 saturated carbocycles. The van der Waals surface area contributed by atoms with Crippen LogP contribution in [0.5, 0.6) is 5.75 Å². The Kier molecular flexibility index (Phi) is 4.89. The number of carbonyl (C=O) groups is 1. The number of rotatable bonds is 2. The fraction of sp³-hybridized carbons (Fsp3) is 0.318. The number of benzene rings is 2. The monoisotopic (exact) mass is 449 g/mol. The van der Waals surface area contributed by atoms with Gasteiger partial charge in [-0.3, -0.25) is 14.8 Å². The number of alkyl halides is 3. The molecular formula is C22H19F4N3O3. The SMILES string of the molecule is CC1(C)CC(O)C(NC(=O)c2ccc3nccnc3c2)(C(F)(F)F)c2ccc(F)c(O)c21. The lowest BCUT2D eigenvalue weighted by atomic mass is 9.63. The quantitative estimate of drug-likeness (QED) is 0.519. The van der Waals surface area contributed by atoms with E-state index in [1.165, 1.54) is 44.4 Å². The maximum absolute atomic E-state index is 14.6. The van der Waals surface area contributed by atoms with Gasteiger partial charge in [0.2, 0.25) is 0 Å². The molecule has 0 saturated heterocycles. The minimum Gasteiger partial charge on any atom is -0.505 e. The molecule has 1 amide bonds. The number of phenols is 1. The van der Waals surface area contributed by atoms with E-state index in [0.717, 1.165) is 6.07 Å². The summed E-state index contributed by atoms with van der Waals surface area (Å²) in [5.74, 6) is -3.16. The van der Waals surface area contributed by atoms with Crippen LogP contribution in [-0.4, -0.2) is 38.4 Å². The highest BCUT2D eigenvalue weighted by molar-refractivity contribution is 5.98. The van der Waals surface area contributed by atoms with Gasteiger partial charge in [-0.25, -0.2) is 4.39 Å². The van der Waals surface area contributed by atoms with E-state index in [4.69, 9.17) is 0 Å². The third kappa shape index (κ3) is 3.17. The average molecular weight is 449 g/mol. The van der Waals surface area contributed by atoms with Gasteiger partial charge in [-0.15, -0.1) is 0 Å². The summed E-state index contributed by atoms with van der Waals surface area (Å²) in [6.45, 7) is 2.97. The Morgan fingerprint density at radius 3 is 2.44 bits per heavy atom. The Morgan fingerprint density at radius 1 is 1.12 bits per heavy atom. The molecule has 3 aromatic rings. The summed E-state index contributed by atoms with van der Waals surface area (Å²) in [4.78, 5) is 21.1. The van der Waals surface area contributed by atoms with Gasteiger partial charge in [-0.05, 0) is 41.7 Å². The Labute approximate surface area is 179 Å². The van der Waals surface area contributed by atoms with Gasteiger partial charge in [-0.1, -0.05) is 19.9 Å². The molecule has 168 valence electrons. The van der Waals surface area contributed by atoms with E-state index in [1.54, 1.807) is 0 Å². The molecule has 0 aliphatic heterocycles. The molecule has 3 N–H and O–H groups in total. The third-order valence-electron chi connectivity index (χ3n) is 5.92. The van der Waals surface area contributed by atoms with Gasteiger partial charge in [0.25, 0.3) is 5.91 Å². The number of phenolic OH excluding ortho intramolecular Hbond substituents is 1. The summed E-state index contributed by atoms with van der Waals surface area (Å²) in [5.41, 5.74) is -4.78. The van der Waals surface area contributed by atoms with Crippen LogP contribution in [-0.2, 0) is 11.0 Å². The van der Waals surface area contributed by atoms with Crippen LogP contribution in [0.3, 0.4) is 0 Å². The second-order valence-electron chi connectivity index (χ2n) is 8.44.